The highest BCUT2D eigenvalue weighted by atomic mass is 16.5. The quantitative estimate of drug-likeness (QED) is 0.909. The average Bonchev–Trinajstić information content (AvgIpc) is 2.42. The molecule has 0 aromatic heterocycles. The minimum Gasteiger partial charge on any atom is -0.507 e. The number of nitrogens with zero attached hydrogens (tertiary/aromatic N) is 1. The van der Waals surface area contributed by atoms with Gasteiger partial charge in [-0.05, 0) is 37.8 Å². The predicted octanol–water partition coefficient (Wildman–Crippen LogP) is 2.20. The van der Waals surface area contributed by atoms with Crippen LogP contribution in [0.3, 0.4) is 0 Å². The van der Waals surface area contributed by atoms with Crippen molar-refractivity contribution < 1.29 is 14.6 Å². The SMILES string of the molecule is COCC1CCN(C(=O)c2cc(C)ccc2O)CC1. The van der Waals surface area contributed by atoms with Gasteiger partial charge in [0, 0.05) is 26.8 Å². The van der Waals surface area contributed by atoms with Crippen LogP contribution in [0, 0.1) is 12.8 Å². The van der Waals surface area contributed by atoms with E-state index < -0.39 is 0 Å². The molecule has 0 unspecified atom stereocenters. The third-order valence-corrected chi connectivity index (χ3v) is 3.69. The van der Waals surface area contributed by atoms with Crippen LogP contribution in [0.25, 0.3) is 0 Å². The maximum absolute atomic E-state index is 12.4. The van der Waals surface area contributed by atoms with Crippen LogP contribution >= 0.6 is 0 Å². The molecule has 1 aliphatic heterocycles. The van der Waals surface area contributed by atoms with E-state index in [1.807, 2.05) is 11.8 Å². The number of ether oxygens (including phenoxy) is 1. The predicted molar refractivity (Wildman–Crippen MR) is 73.3 cm³/mol. The molecule has 1 saturated heterocycles. The number of likely N-dealkylation sites (tertiary alicyclic amines) is 1. The topological polar surface area (TPSA) is 49.8 Å². The largest absolute Gasteiger partial charge is 0.507 e. The number of hydrogen-bond donors (Lipinski definition) is 1. The maximum Gasteiger partial charge on any atom is 0.257 e. The number of benzene rings is 1. The normalized spacial score (nSPS) is 16.6. The van der Waals surface area contributed by atoms with Crippen molar-refractivity contribution in [1.29, 1.82) is 0 Å². The van der Waals surface area contributed by atoms with E-state index in [1.54, 1.807) is 25.3 Å². The molecule has 4 heteroatoms. The lowest BCUT2D eigenvalue weighted by Gasteiger charge is -2.31. The average molecular weight is 263 g/mol. The summed E-state index contributed by atoms with van der Waals surface area (Å²) < 4.78 is 5.15. The molecule has 19 heavy (non-hydrogen) atoms. The van der Waals surface area contributed by atoms with Gasteiger partial charge in [0.05, 0.1) is 5.56 Å². The van der Waals surface area contributed by atoms with Gasteiger partial charge in [-0.2, -0.15) is 0 Å². The number of carbonyl (C=O) groups is 1. The molecule has 1 aromatic carbocycles. The van der Waals surface area contributed by atoms with Crippen LogP contribution in [-0.2, 0) is 4.74 Å². The fourth-order valence-corrected chi connectivity index (χ4v) is 2.53. The summed E-state index contributed by atoms with van der Waals surface area (Å²) >= 11 is 0. The monoisotopic (exact) mass is 263 g/mol. The molecule has 0 aliphatic carbocycles. The molecule has 0 atom stereocenters. The first kappa shape index (κ1) is 13.9. The van der Waals surface area contributed by atoms with Crippen LogP contribution in [0.15, 0.2) is 18.2 Å². The van der Waals surface area contributed by atoms with Gasteiger partial charge in [-0.25, -0.2) is 0 Å². The zero-order valence-corrected chi connectivity index (χ0v) is 11.6. The number of aryl methyl sites for hydroxylation is 1. The highest BCUT2D eigenvalue weighted by Crippen LogP contribution is 2.23. The Morgan fingerprint density at radius 3 is 2.74 bits per heavy atom. The van der Waals surface area contributed by atoms with Crippen molar-refractivity contribution in [2.24, 2.45) is 5.92 Å². The number of phenols is 1. The molecule has 1 amide bonds. The lowest BCUT2D eigenvalue weighted by Crippen LogP contribution is -2.39. The summed E-state index contributed by atoms with van der Waals surface area (Å²) in [7, 11) is 1.71. The second-order valence-corrected chi connectivity index (χ2v) is 5.21. The van der Waals surface area contributed by atoms with Gasteiger partial charge in [0.25, 0.3) is 5.91 Å². The van der Waals surface area contributed by atoms with Gasteiger partial charge in [0.2, 0.25) is 0 Å². The molecule has 2 rings (SSSR count). The van der Waals surface area contributed by atoms with Crippen LogP contribution in [0.1, 0.15) is 28.8 Å². The van der Waals surface area contributed by atoms with Crippen LogP contribution in [0.5, 0.6) is 5.75 Å². The Balaban J connectivity index is 2.03. The number of phenolic OH excluding ortho intramolecular Hbond substituents is 1. The van der Waals surface area contributed by atoms with Crippen molar-refractivity contribution >= 4 is 5.91 Å². The summed E-state index contributed by atoms with van der Waals surface area (Å²) in [6.07, 6.45) is 1.93. The fraction of sp³-hybridized carbons (Fsp3) is 0.533. The van der Waals surface area contributed by atoms with Crippen molar-refractivity contribution in [3.63, 3.8) is 0 Å². The standard InChI is InChI=1S/C15H21NO3/c1-11-3-4-14(17)13(9-11)15(18)16-7-5-12(6-8-16)10-19-2/h3-4,9,12,17H,5-8,10H2,1-2H3. The Bertz CT molecular complexity index is 451. The van der Waals surface area contributed by atoms with Crippen LogP contribution in [0.2, 0.25) is 0 Å². The molecule has 1 fully saturated rings. The third kappa shape index (κ3) is 3.26. The number of rotatable bonds is 3. The molecule has 1 heterocycles. The number of amides is 1. The molecule has 0 spiro atoms. The van der Waals surface area contributed by atoms with E-state index in [2.05, 4.69) is 0 Å². The van der Waals surface area contributed by atoms with Gasteiger partial charge in [-0.1, -0.05) is 11.6 Å². The van der Waals surface area contributed by atoms with Gasteiger partial charge in [-0.15, -0.1) is 0 Å². The number of methoxy groups -OCH3 is 1. The third-order valence-electron chi connectivity index (χ3n) is 3.69. The Labute approximate surface area is 114 Å². The van der Waals surface area contributed by atoms with Crippen molar-refractivity contribution in [2.75, 3.05) is 26.8 Å². The second-order valence-electron chi connectivity index (χ2n) is 5.21. The summed E-state index contributed by atoms with van der Waals surface area (Å²) in [6, 6.07) is 5.14. The molecule has 4 nitrogen and oxygen atoms in total. The van der Waals surface area contributed by atoms with Crippen molar-refractivity contribution in [3.05, 3.63) is 29.3 Å². The Morgan fingerprint density at radius 1 is 1.42 bits per heavy atom. The van der Waals surface area contributed by atoms with E-state index in [0.717, 1.165) is 38.1 Å². The van der Waals surface area contributed by atoms with E-state index in [1.165, 1.54) is 0 Å². The summed E-state index contributed by atoms with van der Waals surface area (Å²) in [6.45, 7) is 4.15. The molecular weight excluding hydrogens is 242 g/mol. The van der Waals surface area contributed by atoms with Crippen LogP contribution in [0.4, 0.5) is 0 Å². The Kier molecular flexibility index (Phi) is 4.43. The summed E-state index contributed by atoms with van der Waals surface area (Å²) in [4.78, 5) is 14.2. The van der Waals surface area contributed by atoms with E-state index in [9.17, 15) is 9.90 Å². The Morgan fingerprint density at radius 2 is 2.11 bits per heavy atom. The first-order valence-electron chi connectivity index (χ1n) is 6.69. The van der Waals surface area contributed by atoms with Crippen molar-refractivity contribution in [2.45, 2.75) is 19.8 Å². The first-order valence-corrected chi connectivity index (χ1v) is 6.69. The Hall–Kier alpha value is -1.55. The molecule has 0 bridgehead atoms. The van der Waals surface area contributed by atoms with Gasteiger partial charge < -0.3 is 14.7 Å². The highest BCUT2D eigenvalue weighted by Gasteiger charge is 2.25. The van der Waals surface area contributed by atoms with Crippen molar-refractivity contribution in [3.8, 4) is 5.75 Å². The van der Waals surface area contributed by atoms with Gasteiger partial charge in [-0.3, -0.25) is 4.79 Å². The maximum atomic E-state index is 12.4. The molecule has 0 saturated carbocycles. The summed E-state index contributed by atoms with van der Waals surface area (Å²) in [5.74, 6) is 0.534. The molecular formula is C15H21NO3. The molecule has 0 radical (unpaired) electrons. The number of piperidine rings is 1. The number of aromatic hydroxyl groups is 1. The zero-order valence-electron chi connectivity index (χ0n) is 11.6. The molecule has 1 N–H and O–H groups in total. The first-order chi connectivity index (χ1) is 9.11. The second kappa shape index (κ2) is 6.06. The summed E-state index contributed by atoms with van der Waals surface area (Å²) in [5, 5.41) is 9.80. The van der Waals surface area contributed by atoms with Gasteiger partial charge in [0.15, 0.2) is 0 Å². The molecule has 104 valence electrons. The lowest BCUT2D eigenvalue weighted by atomic mass is 9.97. The van der Waals surface area contributed by atoms with Crippen LogP contribution in [-0.4, -0.2) is 42.7 Å². The number of carbonyl (C=O) groups excluding carboxylic acids is 1. The highest BCUT2D eigenvalue weighted by molar-refractivity contribution is 5.97. The summed E-state index contributed by atoms with van der Waals surface area (Å²) in [5.41, 5.74) is 1.39. The van der Waals surface area contributed by atoms with Gasteiger partial charge >= 0.3 is 0 Å². The minimum atomic E-state index is -0.0722. The lowest BCUT2D eigenvalue weighted by molar-refractivity contribution is 0.0611. The van der Waals surface area contributed by atoms with Crippen molar-refractivity contribution in [1.82, 2.24) is 4.90 Å². The van der Waals surface area contributed by atoms with Gasteiger partial charge in [0.1, 0.15) is 5.75 Å². The number of hydrogen-bond acceptors (Lipinski definition) is 3. The van der Waals surface area contributed by atoms with E-state index in [-0.39, 0.29) is 11.7 Å². The fourth-order valence-electron chi connectivity index (χ4n) is 2.53. The molecule has 1 aliphatic rings. The van der Waals surface area contributed by atoms with E-state index >= 15 is 0 Å². The minimum absolute atomic E-state index is 0.0645. The zero-order chi connectivity index (χ0) is 13.8. The van der Waals surface area contributed by atoms with E-state index in [4.69, 9.17) is 4.74 Å². The van der Waals surface area contributed by atoms with E-state index in [0.29, 0.717) is 11.5 Å². The molecule has 1 aromatic rings. The van der Waals surface area contributed by atoms with Crippen LogP contribution < -0.4 is 0 Å². The smallest absolute Gasteiger partial charge is 0.257 e.